The second kappa shape index (κ2) is 7.49. The normalized spacial score (nSPS) is 11.8. The van der Waals surface area contributed by atoms with Crippen molar-refractivity contribution in [2.24, 2.45) is 7.05 Å². The fraction of sp³-hybridized carbons (Fsp3) is 0.158. The highest BCUT2D eigenvalue weighted by molar-refractivity contribution is 6.31. The Kier molecular flexibility index (Phi) is 5.14. The molecule has 3 N–H and O–H groups in total. The third-order valence-corrected chi connectivity index (χ3v) is 4.49. The molecule has 0 spiro atoms. The number of aromatic nitrogens is 1. The van der Waals surface area contributed by atoms with Crippen LogP contribution in [0.5, 0.6) is 0 Å². The van der Waals surface area contributed by atoms with Gasteiger partial charge in [-0.3, -0.25) is 10.2 Å². The lowest BCUT2D eigenvalue weighted by atomic mass is 10.1. The third-order valence-electron chi connectivity index (χ3n) is 4.15. The van der Waals surface area contributed by atoms with Crippen LogP contribution in [0.3, 0.4) is 0 Å². The molecule has 1 heterocycles. The summed E-state index contributed by atoms with van der Waals surface area (Å²) in [4.78, 5) is 24.5. The summed E-state index contributed by atoms with van der Waals surface area (Å²) < 4.78 is 1.86. The Balaban J connectivity index is 1.62. The van der Waals surface area contributed by atoms with Gasteiger partial charge in [-0.15, -0.1) is 0 Å². The highest BCUT2D eigenvalue weighted by Gasteiger charge is 2.16. The van der Waals surface area contributed by atoms with Crippen molar-refractivity contribution in [1.82, 2.24) is 20.7 Å². The molecule has 3 amide bonds. The third kappa shape index (κ3) is 3.65. The SMILES string of the molecule is CC(NC(=O)NNC(=O)c1cn(C)c2ccccc12)c1ccccc1Cl. The second-order valence-electron chi connectivity index (χ2n) is 5.97. The van der Waals surface area contributed by atoms with Crippen molar-refractivity contribution in [3.63, 3.8) is 0 Å². The maximum atomic E-state index is 12.4. The van der Waals surface area contributed by atoms with Crippen molar-refractivity contribution < 1.29 is 9.59 Å². The van der Waals surface area contributed by atoms with Crippen molar-refractivity contribution in [2.45, 2.75) is 13.0 Å². The predicted molar refractivity (Wildman–Crippen MR) is 102 cm³/mol. The van der Waals surface area contributed by atoms with E-state index in [-0.39, 0.29) is 11.9 Å². The number of nitrogens with zero attached hydrogens (tertiary/aromatic N) is 1. The van der Waals surface area contributed by atoms with Crippen LogP contribution in [-0.2, 0) is 7.05 Å². The Morgan fingerprint density at radius 1 is 1.04 bits per heavy atom. The first-order valence-electron chi connectivity index (χ1n) is 8.12. The molecular weight excluding hydrogens is 352 g/mol. The van der Waals surface area contributed by atoms with Gasteiger partial charge in [0.1, 0.15) is 0 Å². The van der Waals surface area contributed by atoms with Crippen molar-refractivity contribution in [3.8, 4) is 0 Å². The molecule has 0 radical (unpaired) electrons. The van der Waals surface area contributed by atoms with Crippen LogP contribution >= 0.6 is 11.6 Å². The molecule has 3 rings (SSSR count). The topological polar surface area (TPSA) is 75.2 Å². The monoisotopic (exact) mass is 370 g/mol. The van der Waals surface area contributed by atoms with E-state index in [1.54, 1.807) is 12.3 Å². The molecule has 3 aromatic rings. The van der Waals surface area contributed by atoms with Gasteiger partial charge in [-0.2, -0.15) is 0 Å². The number of aryl methyl sites for hydroxylation is 1. The van der Waals surface area contributed by atoms with Gasteiger partial charge in [-0.05, 0) is 24.6 Å². The Hall–Kier alpha value is -2.99. The molecule has 0 aliphatic carbocycles. The molecule has 0 saturated carbocycles. The lowest BCUT2D eigenvalue weighted by Gasteiger charge is -2.16. The Labute approximate surface area is 156 Å². The number of benzene rings is 2. The van der Waals surface area contributed by atoms with E-state index in [2.05, 4.69) is 16.2 Å². The molecule has 1 unspecified atom stereocenters. The van der Waals surface area contributed by atoms with Crippen molar-refractivity contribution >= 4 is 34.4 Å². The van der Waals surface area contributed by atoms with Gasteiger partial charge in [-0.25, -0.2) is 10.2 Å². The van der Waals surface area contributed by atoms with Crippen molar-refractivity contribution in [2.75, 3.05) is 0 Å². The summed E-state index contributed by atoms with van der Waals surface area (Å²) in [6.45, 7) is 1.81. The number of fused-ring (bicyclic) bond motifs is 1. The van der Waals surface area contributed by atoms with Crippen LogP contribution in [0.2, 0.25) is 5.02 Å². The van der Waals surface area contributed by atoms with E-state index < -0.39 is 6.03 Å². The highest BCUT2D eigenvalue weighted by Crippen LogP contribution is 2.22. The molecule has 0 bridgehead atoms. The minimum absolute atomic E-state index is 0.307. The molecular formula is C19H19ClN4O2. The van der Waals surface area contributed by atoms with Crippen LogP contribution in [-0.4, -0.2) is 16.5 Å². The van der Waals surface area contributed by atoms with E-state index >= 15 is 0 Å². The number of urea groups is 1. The number of rotatable bonds is 3. The zero-order valence-corrected chi connectivity index (χ0v) is 15.2. The summed E-state index contributed by atoms with van der Waals surface area (Å²) in [7, 11) is 1.87. The number of nitrogens with one attached hydrogen (secondary N) is 3. The first kappa shape index (κ1) is 17.8. The molecule has 7 heteroatoms. The molecule has 6 nitrogen and oxygen atoms in total. The molecule has 26 heavy (non-hydrogen) atoms. The van der Waals surface area contributed by atoms with Gasteiger partial charge in [0.25, 0.3) is 5.91 Å². The van der Waals surface area contributed by atoms with E-state index in [0.29, 0.717) is 10.6 Å². The minimum atomic E-state index is -0.522. The fourth-order valence-electron chi connectivity index (χ4n) is 2.84. The molecule has 0 aliphatic rings. The summed E-state index contributed by atoms with van der Waals surface area (Å²) in [6.07, 6.45) is 1.73. The second-order valence-corrected chi connectivity index (χ2v) is 6.37. The van der Waals surface area contributed by atoms with Crippen LogP contribution in [0, 0.1) is 0 Å². The number of halogens is 1. The Bertz CT molecular complexity index is 967. The lowest BCUT2D eigenvalue weighted by Crippen LogP contribution is -2.47. The van der Waals surface area contributed by atoms with Gasteiger partial charge in [-0.1, -0.05) is 48.0 Å². The van der Waals surface area contributed by atoms with Crippen molar-refractivity contribution in [3.05, 3.63) is 70.9 Å². The van der Waals surface area contributed by atoms with Crippen LogP contribution in [0.1, 0.15) is 28.9 Å². The number of amides is 3. The van der Waals surface area contributed by atoms with Gasteiger partial charge in [0.05, 0.1) is 11.6 Å². The Morgan fingerprint density at radius 3 is 2.50 bits per heavy atom. The van der Waals surface area contributed by atoms with Crippen LogP contribution in [0.15, 0.2) is 54.7 Å². The number of carbonyl (C=O) groups excluding carboxylic acids is 2. The maximum Gasteiger partial charge on any atom is 0.333 e. The molecule has 1 atom stereocenters. The minimum Gasteiger partial charge on any atom is -0.350 e. The molecule has 0 aliphatic heterocycles. The number of hydrogen-bond donors (Lipinski definition) is 3. The number of hydrogen-bond acceptors (Lipinski definition) is 2. The van der Waals surface area contributed by atoms with Gasteiger partial charge < -0.3 is 9.88 Å². The average Bonchev–Trinajstić information content (AvgIpc) is 2.97. The van der Waals surface area contributed by atoms with Gasteiger partial charge in [0.2, 0.25) is 0 Å². The zero-order valence-electron chi connectivity index (χ0n) is 14.4. The summed E-state index contributed by atoms with van der Waals surface area (Å²) in [5.74, 6) is -0.387. The maximum absolute atomic E-state index is 12.4. The Morgan fingerprint density at radius 2 is 1.73 bits per heavy atom. The first-order chi connectivity index (χ1) is 12.5. The molecule has 0 saturated heterocycles. The number of carbonyl (C=O) groups is 2. The largest absolute Gasteiger partial charge is 0.350 e. The van der Waals surface area contributed by atoms with E-state index in [1.165, 1.54) is 0 Å². The molecule has 1 aromatic heterocycles. The first-order valence-corrected chi connectivity index (χ1v) is 8.50. The number of para-hydroxylation sites is 1. The lowest BCUT2D eigenvalue weighted by molar-refractivity contribution is 0.0937. The zero-order chi connectivity index (χ0) is 18.7. The summed E-state index contributed by atoms with van der Waals surface area (Å²) >= 11 is 6.12. The molecule has 2 aromatic carbocycles. The smallest absolute Gasteiger partial charge is 0.333 e. The highest BCUT2D eigenvalue weighted by atomic mass is 35.5. The van der Waals surface area contributed by atoms with E-state index in [9.17, 15) is 9.59 Å². The summed E-state index contributed by atoms with van der Waals surface area (Å²) in [5.41, 5.74) is 7.03. The van der Waals surface area contributed by atoms with Crippen LogP contribution < -0.4 is 16.2 Å². The quantitative estimate of drug-likeness (QED) is 0.617. The summed E-state index contributed by atoms with van der Waals surface area (Å²) in [6, 6.07) is 14.0. The summed E-state index contributed by atoms with van der Waals surface area (Å²) in [5, 5.41) is 4.12. The number of hydrazine groups is 1. The van der Waals surface area contributed by atoms with E-state index in [1.807, 2.05) is 61.0 Å². The predicted octanol–water partition coefficient (Wildman–Crippen LogP) is 3.54. The van der Waals surface area contributed by atoms with Gasteiger partial charge in [0, 0.05) is 29.2 Å². The molecule has 134 valence electrons. The van der Waals surface area contributed by atoms with Crippen LogP contribution in [0.4, 0.5) is 4.79 Å². The van der Waals surface area contributed by atoms with E-state index in [4.69, 9.17) is 11.6 Å². The van der Waals surface area contributed by atoms with E-state index in [0.717, 1.165) is 16.5 Å². The fourth-order valence-corrected chi connectivity index (χ4v) is 3.14. The van der Waals surface area contributed by atoms with Crippen molar-refractivity contribution in [1.29, 1.82) is 0 Å². The molecule has 0 fully saturated rings. The average molecular weight is 371 g/mol. The van der Waals surface area contributed by atoms with Gasteiger partial charge >= 0.3 is 6.03 Å². The van der Waals surface area contributed by atoms with Crippen LogP contribution in [0.25, 0.3) is 10.9 Å². The standard InChI is InChI=1S/C19H19ClN4O2/c1-12(13-7-3-5-9-16(13)20)21-19(26)23-22-18(25)15-11-24(2)17-10-6-4-8-14(15)17/h3-12H,1-2H3,(H,22,25)(H2,21,23,26). The van der Waals surface area contributed by atoms with Gasteiger partial charge in [0.15, 0.2) is 0 Å².